The van der Waals surface area contributed by atoms with Crippen LogP contribution in [0.1, 0.15) is 25.3 Å². The molecule has 0 radical (unpaired) electrons. The first-order valence-corrected chi connectivity index (χ1v) is 10.7. The minimum absolute atomic E-state index is 0.0163. The van der Waals surface area contributed by atoms with E-state index in [1.54, 1.807) is 12.1 Å². The molecule has 33 heavy (non-hydrogen) atoms. The van der Waals surface area contributed by atoms with E-state index in [9.17, 15) is 40.3 Å². The van der Waals surface area contributed by atoms with Gasteiger partial charge in [0.2, 0.25) is 5.91 Å². The smallest absolute Gasteiger partial charge is 0.330 e. The number of β-amino-alcohol motifs (C(OH)–C–C–N with tert-alkyl or cyclic N) is 1. The van der Waals surface area contributed by atoms with Crippen LogP contribution in [-0.2, 0) is 20.7 Å². The first kappa shape index (κ1) is 26.9. The van der Waals surface area contributed by atoms with Crippen LogP contribution in [0.2, 0.25) is 0 Å². The Balaban J connectivity index is 2.24. The van der Waals surface area contributed by atoms with Gasteiger partial charge in [0.1, 0.15) is 29.6 Å². The number of hydrogen-bond donors (Lipinski definition) is 8. The number of hydroxylamine groups is 2. The van der Waals surface area contributed by atoms with Crippen LogP contribution in [0.25, 0.3) is 0 Å². The van der Waals surface area contributed by atoms with Crippen molar-refractivity contribution < 1.29 is 45.1 Å². The second-order valence-corrected chi connectivity index (χ2v) is 8.21. The van der Waals surface area contributed by atoms with E-state index in [2.05, 4.69) is 5.32 Å². The highest BCUT2D eigenvalue weighted by Crippen LogP contribution is 2.29. The number of unbranched alkanes of at least 4 members (excludes halogenated alkanes) is 1. The summed E-state index contributed by atoms with van der Waals surface area (Å²) < 4.78 is 5.16. The van der Waals surface area contributed by atoms with Crippen LogP contribution in [0.5, 0.6) is 5.75 Å². The van der Waals surface area contributed by atoms with Crippen molar-refractivity contribution in [1.29, 1.82) is 0 Å². The first-order valence-electron chi connectivity index (χ1n) is 10.7. The Kier molecular flexibility index (Phi) is 9.55. The van der Waals surface area contributed by atoms with Gasteiger partial charge < -0.3 is 46.5 Å². The summed E-state index contributed by atoms with van der Waals surface area (Å²) in [6, 6.07) is 1.53. The molecule has 1 aliphatic heterocycles. The third kappa shape index (κ3) is 6.38. The number of phenols is 1. The molecule has 0 aliphatic carbocycles. The van der Waals surface area contributed by atoms with E-state index in [-0.39, 0.29) is 18.8 Å². The van der Waals surface area contributed by atoms with E-state index >= 15 is 0 Å². The number of esters is 1. The Labute approximate surface area is 191 Å². The number of rotatable bonds is 10. The Morgan fingerprint density at radius 1 is 1.30 bits per heavy atom. The topological polar surface area (TPSA) is 206 Å². The average molecular weight is 472 g/mol. The minimum atomic E-state index is -2.45. The molecule has 1 fully saturated rings. The molecule has 1 saturated heterocycles. The van der Waals surface area contributed by atoms with Crippen molar-refractivity contribution >= 4 is 11.9 Å². The summed E-state index contributed by atoms with van der Waals surface area (Å²) in [7, 11) is 0. The molecule has 0 spiro atoms. The molecule has 0 unspecified atom stereocenters. The van der Waals surface area contributed by atoms with E-state index in [0.717, 1.165) is 6.42 Å². The molecule has 2 rings (SSSR count). The molecule has 9 N–H and O–H groups in total. The Morgan fingerprint density at radius 3 is 2.52 bits per heavy atom. The second-order valence-electron chi connectivity index (χ2n) is 8.21. The van der Waals surface area contributed by atoms with Gasteiger partial charge in [0.15, 0.2) is 0 Å². The second kappa shape index (κ2) is 11.7. The van der Waals surface area contributed by atoms with E-state index in [0.29, 0.717) is 17.0 Å². The van der Waals surface area contributed by atoms with Crippen LogP contribution in [0, 0.1) is 0 Å². The summed E-state index contributed by atoms with van der Waals surface area (Å²) in [5, 5.41) is 63.2. The molecule has 1 aliphatic rings. The number of benzene rings is 1. The number of amides is 1. The van der Waals surface area contributed by atoms with Crippen molar-refractivity contribution in [2.45, 2.75) is 62.1 Å². The van der Waals surface area contributed by atoms with Gasteiger partial charge >= 0.3 is 5.97 Å². The van der Waals surface area contributed by atoms with Crippen molar-refractivity contribution in [3.05, 3.63) is 29.8 Å². The maximum absolute atomic E-state index is 12.8. The number of nitrogens with two attached hydrogens (primary N) is 1. The Hall–Kier alpha value is -2.32. The lowest BCUT2D eigenvalue weighted by Crippen LogP contribution is -2.74. The highest BCUT2D eigenvalue weighted by molar-refractivity contribution is 5.88. The Bertz CT molecular complexity index is 794. The van der Waals surface area contributed by atoms with Gasteiger partial charge in [-0.15, -0.1) is 0 Å². The normalized spacial score (nSPS) is 27.5. The molecule has 0 aromatic heterocycles. The number of aliphatic hydroxyl groups excluding tert-OH is 3. The van der Waals surface area contributed by atoms with Crippen molar-refractivity contribution in [3.8, 4) is 5.75 Å². The summed E-state index contributed by atoms with van der Waals surface area (Å²) in [6.45, 7) is 0.208. The van der Waals surface area contributed by atoms with Gasteiger partial charge in [-0.1, -0.05) is 25.5 Å². The van der Waals surface area contributed by atoms with E-state index in [1.165, 1.54) is 12.1 Å². The monoisotopic (exact) mass is 471 g/mol. The lowest BCUT2D eigenvalue weighted by Gasteiger charge is -2.48. The zero-order valence-corrected chi connectivity index (χ0v) is 18.4. The molecular weight excluding hydrogens is 438 g/mol. The van der Waals surface area contributed by atoms with Gasteiger partial charge in [-0.25, -0.2) is 4.79 Å². The maximum Gasteiger partial charge on any atom is 0.330 e. The fourth-order valence-corrected chi connectivity index (χ4v) is 3.60. The summed E-state index contributed by atoms with van der Waals surface area (Å²) in [4.78, 5) is 25.6. The third-order valence-corrected chi connectivity index (χ3v) is 5.73. The number of carbonyl (C=O) groups excluding carboxylic acids is 2. The Morgan fingerprint density at radius 2 is 1.94 bits per heavy atom. The van der Waals surface area contributed by atoms with Crippen molar-refractivity contribution in [2.75, 3.05) is 19.8 Å². The van der Waals surface area contributed by atoms with E-state index in [4.69, 9.17) is 10.5 Å². The molecule has 12 nitrogen and oxygen atoms in total. The quantitative estimate of drug-likeness (QED) is 0.133. The van der Waals surface area contributed by atoms with Gasteiger partial charge in [0.25, 0.3) is 0 Å². The van der Waals surface area contributed by atoms with Gasteiger partial charge in [0, 0.05) is 0 Å². The van der Waals surface area contributed by atoms with Crippen LogP contribution in [0.3, 0.4) is 0 Å². The highest BCUT2D eigenvalue weighted by atomic mass is 16.5. The van der Waals surface area contributed by atoms with Crippen LogP contribution in [-0.4, -0.2) is 103 Å². The fraction of sp³-hybridized carbons (Fsp3) is 0.619. The highest BCUT2D eigenvalue weighted by Gasteiger charge is 2.56. The largest absolute Gasteiger partial charge is 0.508 e. The maximum atomic E-state index is 12.8. The molecule has 6 atom stereocenters. The van der Waals surface area contributed by atoms with Crippen LogP contribution >= 0.6 is 0 Å². The minimum Gasteiger partial charge on any atom is -0.508 e. The van der Waals surface area contributed by atoms with Crippen molar-refractivity contribution in [3.63, 3.8) is 0 Å². The van der Waals surface area contributed by atoms with Crippen molar-refractivity contribution in [1.82, 2.24) is 10.4 Å². The zero-order valence-electron chi connectivity index (χ0n) is 18.4. The number of nitrogens with one attached hydrogen (secondary N) is 1. The zero-order chi connectivity index (χ0) is 24.8. The standard InChI is InChI=1S/C21H33N3O9/c1-2-3-8-33-20(30)16(17-18(28)21(31,11-25)15(27)10-24(17)32)23-19(29)14(22)9-12-4-6-13(26)7-5-12/h4-7,14-18,25-28,31-32H,2-3,8-11,22H2,1H3,(H,23,29)/t14-,15-,16-,17-,18-,21-/m0/s1. The molecule has 0 bridgehead atoms. The van der Waals surface area contributed by atoms with Gasteiger partial charge in [-0.2, -0.15) is 5.06 Å². The predicted octanol–water partition coefficient (Wildman–Crippen LogP) is -2.39. The van der Waals surface area contributed by atoms with E-state index < -0.39 is 61.0 Å². The van der Waals surface area contributed by atoms with Gasteiger partial charge in [0.05, 0.1) is 31.8 Å². The number of hydrogen-bond acceptors (Lipinski definition) is 11. The summed E-state index contributed by atoms with van der Waals surface area (Å²) in [5.41, 5.74) is 4.15. The number of carbonyl (C=O) groups is 2. The lowest BCUT2D eigenvalue weighted by molar-refractivity contribution is -0.281. The number of phenolic OH excluding ortho intramolecular Hbond substituents is 1. The SMILES string of the molecule is CCCCOC(=O)[C@@H](NC(=O)[C@@H](N)Cc1ccc(O)cc1)[C@H]1[C@H](O)[C@](O)(CO)[C@@H](O)CN1O. The number of piperidine rings is 1. The molecule has 1 heterocycles. The summed E-state index contributed by atoms with van der Waals surface area (Å²) in [5.74, 6) is -1.76. The molecule has 12 heteroatoms. The average Bonchev–Trinajstić information content (AvgIpc) is 2.78. The third-order valence-electron chi connectivity index (χ3n) is 5.73. The van der Waals surface area contributed by atoms with Gasteiger partial charge in [-0.05, 0) is 30.5 Å². The summed E-state index contributed by atoms with van der Waals surface area (Å²) in [6.07, 6.45) is -2.46. The van der Waals surface area contributed by atoms with Gasteiger partial charge in [-0.3, -0.25) is 4.79 Å². The predicted molar refractivity (Wildman–Crippen MR) is 114 cm³/mol. The lowest BCUT2D eigenvalue weighted by atomic mass is 9.80. The first-order chi connectivity index (χ1) is 15.5. The molecule has 0 saturated carbocycles. The number of ether oxygens (including phenoxy) is 1. The van der Waals surface area contributed by atoms with Crippen molar-refractivity contribution in [2.24, 2.45) is 5.73 Å². The number of nitrogens with zero attached hydrogens (tertiary/aromatic N) is 1. The van der Waals surface area contributed by atoms with E-state index in [1.807, 2.05) is 6.92 Å². The fourth-order valence-electron chi connectivity index (χ4n) is 3.60. The molecule has 186 valence electrons. The van der Waals surface area contributed by atoms with Crippen LogP contribution in [0.15, 0.2) is 24.3 Å². The summed E-state index contributed by atoms with van der Waals surface area (Å²) >= 11 is 0. The molecule has 1 aromatic rings. The molecule has 1 aromatic carbocycles. The molecular formula is C21H33N3O9. The number of aliphatic hydroxyl groups is 4. The number of aromatic hydroxyl groups is 1. The van der Waals surface area contributed by atoms with Crippen LogP contribution in [0.4, 0.5) is 0 Å². The molecule has 1 amide bonds. The van der Waals surface area contributed by atoms with Crippen LogP contribution < -0.4 is 11.1 Å².